The topological polar surface area (TPSA) is 67.4 Å². The van der Waals surface area contributed by atoms with Crippen molar-refractivity contribution in [1.29, 1.82) is 0 Å². The quantitative estimate of drug-likeness (QED) is 0.462. The SMILES string of the molecule is CC(=O)[O-].COCCOCCn1cc[n+](C)c1. The summed E-state index contributed by atoms with van der Waals surface area (Å²) in [5.74, 6) is -1.08. The summed E-state index contributed by atoms with van der Waals surface area (Å²) in [6.07, 6.45) is 6.06. The summed E-state index contributed by atoms with van der Waals surface area (Å²) in [7, 11) is 3.68. The molecule has 0 amide bonds. The molecule has 0 atom stereocenters. The second-order valence-corrected chi connectivity index (χ2v) is 3.41. The predicted octanol–water partition coefficient (Wildman–Crippen LogP) is -1.27. The lowest BCUT2D eigenvalue weighted by Gasteiger charge is -2.00. The monoisotopic (exact) mass is 244 g/mol. The Labute approximate surface area is 101 Å². The smallest absolute Gasteiger partial charge is 0.243 e. The number of aryl methyl sites for hydroxylation is 1. The zero-order chi connectivity index (χ0) is 13.1. The van der Waals surface area contributed by atoms with Gasteiger partial charge in [-0.15, -0.1) is 0 Å². The predicted molar refractivity (Wildman–Crippen MR) is 59.0 cm³/mol. The molecule has 1 aromatic heterocycles. The van der Waals surface area contributed by atoms with E-state index in [4.69, 9.17) is 19.4 Å². The summed E-state index contributed by atoms with van der Waals surface area (Å²) in [6, 6.07) is 0. The normalized spacial score (nSPS) is 9.59. The Balaban J connectivity index is 0.000000557. The van der Waals surface area contributed by atoms with Gasteiger partial charge in [-0.25, -0.2) is 9.13 Å². The fourth-order valence-electron chi connectivity index (χ4n) is 1.05. The minimum absolute atomic E-state index is 0.666. The van der Waals surface area contributed by atoms with Gasteiger partial charge in [-0.3, -0.25) is 0 Å². The third-order valence-corrected chi connectivity index (χ3v) is 1.75. The number of hydrogen-bond acceptors (Lipinski definition) is 4. The summed E-state index contributed by atoms with van der Waals surface area (Å²) in [5, 5.41) is 8.89. The molecule has 0 spiro atoms. The van der Waals surface area contributed by atoms with E-state index < -0.39 is 5.97 Å². The maximum absolute atomic E-state index is 8.89. The van der Waals surface area contributed by atoms with Crippen molar-refractivity contribution in [3.8, 4) is 0 Å². The summed E-state index contributed by atoms with van der Waals surface area (Å²) < 4.78 is 14.3. The van der Waals surface area contributed by atoms with E-state index in [0.29, 0.717) is 13.2 Å². The number of hydrogen-bond donors (Lipinski definition) is 0. The summed E-state index contributed by atoms with van der Waals surface area (Å²) in [5.41, 5.74) is 0. The Morgan fingerprint density at radius 3 is 2.53 bits per heavy atom. The van der Waals surface area contributed by atoms with Crippen LogP contribution in [0.1, 0.15) is 6.92 Å². The molecule has 1 heterocycles. The molecule has 0 bridgehead atoms. The van der Waals surface area contributed by atoms with Gasteiger partial charge < -0.3 is 19.4 Å². The van der Waals surface area contributed by atoms with Gasteiger partial charge in [0, 0.05) is 13.1 Å². The zero-order valence-electron chi connectivity index (χ0n) is 10.6. The minimum atomic E-state index is -1.08. The van der Waals surface area contributed by atoms with E-state index in [1.807, 2.05) is 30.3 Å². The Morgan fingerprint density at radius 2 is 2.06 bits per heavy atom. The molecule has 0 aliphatic rings. The number of carboxylic acids is 1. The second-order valence-electron chi connectivity index (χ2n) is 3.41. The van der Waals surface area contributed by atoms with Crippen molar-refractivity contribution in [2.45, 2.75) is 13.5 Å². The molecule has 0 aliphatic heterocycles. The number of nitrogens with zero attached hydrogens (tertiary/aromatic N) is 2. The molecule has 98 valence electrons. The Morgan fingerprint density at radius 1 is 1.41 bits per heavy atom. The van der Waals surface area contributed by atoms with E-state index in [0.717, 1.165) is 20.1 Å². The van der Waals surface area contributed by atoms with Crippen LogP contribution in [0.3, 0.4) is 0 Å². The van der Waals surface area contributed by atoms with Crippen LogP contribution >= 0.6 is 0 Å². The molecule has 1 rings (SSSR count). The lowest BCUT2D eigenvalue weighted by Crippen LogP contribution is -2.24. The Kier molecular flexibility index (Phi) is 8.99. The lowest BCUT2D eigenvalue weighted by molar-refractivity contribution is -0.671. The van der Waals surface area contributed by atoms with Crippen molar-refractivity contribution >= 4 is 5.97 Å². The standard InChI is InChI=1S/C9H17N2O2.C2H4O2/c1-10-3-4-11(9-10)5-6-13-8-7-12-2;1-2(3)4/h3-4,9H,5-8H2,1-2H3;1H3,(H,3,4)/q+1;/p-1. The van der Waals surface area contributed by atoms with Crippen LogP contribution in [0, 0.1) is 0 Å². The number of imidazole rings is 1. The average molecular weight is 244 g/mol. The number of rotatable bonds is 6. The number of methoxy groups -OCH3 is 1. The molecule has 0 aliphatic carbocycles. The van der Waals surface area contributed by atoms with E-state index >= 15 is 0 Å². The van der Waals surface area contributed by atoms with E-state index in [-0.39, 0.29) is 0 Å². The average Bonchev–Trinajstić information content (AvgIpc) is 2.63. The molecule has 6 heteroatoms. The first-order valence-electron chi connectivity index (χ1n) is 5.31. The highest BCUT2D eigenvalue weighted by molar-refractivity contribution is 5.60. The van der Waals surface area contributed by atoms with Gasteiger partial charge in [-0.05, 0) is 6.92 Å². The Hall–Kier alpha value is -1.40. The van der Waals surface area contributed by atoms with Gasteiger partial charge in [0.15, 0.2) is 0 Å². The molecule has 0 unspecified atom stereocenters. The van der Waals surface area contributed by atoms with Crippen LogP contribution in [0.25, 0.3) is 0 Å². The number of carbonyl (C=O) groups excluding carboxylic acids is 1. The molecule has 0 aromatic carbocycles. The Bertz CT molecular complexity index is 308. The zero-order valence-corrected chi connectivity index (χ0v) is 10.6. The lowest BCUT2D eigenvalue weighted by atomic mass is 10.6. The third kappa shape index (κ3) is 10.9. The van der Waals surface area contributed by atoms with Gasteiger partial charge in [-0.1, -0.05) is 0 Å². The van der Waals surface area contributed by atoms with Crippen molar-refractivity contribution in [1.82, 2.24) is 4.57 Å². The number of aliphatic carboxylic acids is 1. The van der Waals surface area contributed by atoms with Crippen molar-refractivity contribution in [3.05, 3.63) is 18.7 Å². The van der Waals surface area contributed by atoms with Crippen molar-refractivity contribution in [2.75, 3.05) is 26.9 Å². The van der Waals surface area contributed by atoms with Crippen LogP contribution in [0.15, 0.2) is 18.7 Å². The van der Waals surface area contributed by atoms with Crippen LogP contribution in [0.4, 0.5) is 0 Å². The van der Waals surface area contributed by atoms with E-state index in [1.54, 1.807) is 7.11 Å². The van der Waals surface area contributed by atoms with Crippen LogP contribution in [0.2, 0.25) is 0 Å². The van der Waals surface area contributed by atoms with Crippen molar-refractivity contribution < 1.29 is 23.9 Å². The van der Waals surface area contributed by atoms with Crippen LogP contribution < -0.4 is 9.67 Å². The molecular weight excluding hydrogens is 224 g/mol. The number of ether oxygens (including phenoxy) is 2. The highest BCUT2D eigenvalue weighted by Crippen LogP contribution is 1.85. The van der Waals surface area contributed by atoms with Crippen molar-refractivity contribution in [2.24, 2.45) is 7.05 Å². The van der Waals surface area contributed by atoms with Gasteiger partial charge in [0.25, 0.3) is 0 Å². The molecule has 17 heavy (non-hydrogen) atoms. The van der Waals surface area contributed by atoms with E-state index in [1.165, 1.54) is 0 Å². The molecule has 0 saturated heterocycles. The summed E-state index contributed by atoms with van der Waals surface area (Å²) in [6.45, 7) is 3.94. The molecule has 0 saturated carbocycles. The summed E-state index contributed by atoms with van der Waals surface area (Å²) >= 11 is 0. The summed E-state index contributed by atoms with van der Waals surface area (Å²) in [4.78, 5) is 8.89. The van der Waals surface area contributed by atoms with Gasteiger partial charge in [0.1, 0.15) is 18.9 Å². The van der Waals surface area contributed by atoms with Gasteiger partial charge in [-0.2, -0.15) is 0 Å². The maximum atomic E-state index is 8.89. The number of aromatic nitrogens is 2. The molecule has 1 aromatic rings. The first-order valence-corrected chi connectivity index (χ1v) is 5.31. The van der Waals surface area contributed by atoms with E-state index in [9.17, 15) is 0 Å². The van der Waals surface area contributed by atoms with E-state index in [2.05, 4.69) is 4.57 Å². The van der Waals surface area contributed by atoms with Crippen LogP contribution in [-0.2, 0) is 27.9 Å². The highest BCUT2D eigenvalue weighted by atomic mass is 16.5. The third-order valence-electron chi connectivity index (χ3n) is 1.75. The van der Waals surface area contributed by atoms with Crippen LogP contribution in [0.5, 0.6) is 0 Å². The molecular formula is C11H20N2O4. The molecule has 0 radical (unpaired) electrons. The highest BCUT2D eigenvalue weighted by Gasteiger charge is 1.98. The fraction of sp³-hybridized carbons (Fsp3) is 0.636. The van der Waals surface area contributed by atoms with Gasteiger partial charge in [0.05, 0.1) is 26.9 Å². The van der Waals surface area contributed by atoms with Crippen molar-refractivity contribution in [3.63, 3.8) is 0 Å². The van der Waals surface area contributed by atoms with Gasteiger partial charge in [0.2, 0.25) is 6.33 Å². The largest absolute Gasteiger partial charge is 0.550 e. The molecule has 6 nitrogen and oxygen atoms in total. The minimum Gasteiger partial charge on any atom is -0.550 e. The van der Waals surface area contributed by atoms with Crippen LogP contribution in [-0.4, -0.2) is 37.5 Å². The first-order chi connectivity index (χ1) is 8.06. The number of carboxylic acid groups (broad SMARTS) is 1. The molecule has 0 N–H and O–H groups in total. The second kappa shape index (κ2) is 9.80. The fourth-order valence-corrected chi connectivity index (χ4v) is 1.05. The number of carbonyl (C=O) groups is 1. The maximum Gasteiger partial charge on any atom is 0.243 e. The first kappa shape index (κ1) is 15.6. The molecule has 0 fully saturated rings. The van der Waals surface area contributed by atoms with Gasteiger partial charge >= 0.3 is 0 Å².